The maximum absolute atomic E-state index is 13.0. The van der Waals surface area contributed by atoms with Crippen LogP contribution in [0.2, 0.25) is 0 Å². The molecule has 2 atom stereocenters. The fourth-order valence-corrected chi connectivity index (χ4v) is 4.61. The van der Waals surface area contributed by atoms with Gasteiger partial charge in [-0.15, -0.1) is 0 Å². The fraction of sp³-hybridized carbons (Fsp3) is 0.346. The minimum absolute atomic E-state index is 0.341. The van der Waals surface area contributed by atoms with E-state index in [1.165, 1.54) is 0 Å². The SMILES string of the molecule is O=C(Nc1cccc2ccccc12)N[C@H](CN1CCCC1)[C@H](O)c1ccc2c(c1)OCCO2. The monoisotopic (exact) mass is 447 g/mol. The number of aliphatic hydroxyl groups is 1. The van der Waals surface area contributed by atoms with Crippen LogP contribution >= 0.6 is 0 Å². The second-order valence-corrected chi connectivity index (χ2v) is 8.59. The summed E-state index contributed by atoms with van der Waals surface area (Å²) in [5.74, 6) is 1.30. The summed E-state index contributed by atoms with van der Waals surface area (Å²) in [6, 6.07) is 18.4. The highest BCUT2D eigenvalue weighted by Gasteiger charge is 2.28. The molecule has 3 aromatic carbocycles. The number of nitrogens with one attached hydrogen (secondary N) is 2. The van der Waals surface area contributed by atoms with Crippen LogP contribution in [0.3, 0.4) is 0 Å². The molecule has 0 aliphatic carbocycles. The summed E-state index contributed by atoms with van der Waals surface area (Å²) in [5.41, 5.74) is 1.42. The third-order valence-corrected chi connectivity index (χ3v) is 6.30. The molecule has 1 fully saturated rings. The summed E-state index contributed by atoms with van der Waals surface area (Å²) in [4.78, 5) is 15.3. The van der Waals surface area contributed by atoms with Crippen LogP contribution in [0.4, 0.5) is 10.5 Å². The van der Waals surface area contributed by atoms with Crippen molar-refractivity contribution in [2.24, 2.45) is 0 Å². The van der Waals surface area contributed by atoms with E-state index in [0.29, 0.717) is 36.8 Å². The highest BCUT2D eigenvalue weighted by molar-refractivity contribution is 6.01. The molecule has 0 spiro atoms. The molecule has 0 unspecified atom stereocenters. The van der Waals surface area contributed by atoms with E-state index in [1.54, 1.807) is 6.07 Å². The van der Waals surface area contributed by atoms with Crippen molar-refractivity contribution in [1.82, 2.24) is 10.2 Å². The summed E-state index contributed by atoms with van der Waals surface area (Å²) in [6.45, 7) is 3.50. The topological polar surface area (TPSA) is 83.1 Å². The Bertz CT molecular complexity index is 1120. The van der Waals surface area contributed by atoms with E-state index in [-0.39, 0.29) is 6.03 Å². The van der Waals surface area contributed by atoms with Gasteiger partial charge in [0.2, 0.25) is 0 Å². The molecule has 1 saturated heterocycles. The zero-order valence-electron chi connectivity index (χ0n) is 18.5. The van der Waals surface area contributed by atoms with Crippen LogP contribution in [-0.2, 0) is 0 Å². The third-order valence-electron chi connectivity index (χ3n) is 6.30. The van der Waals surface area contributed by atoms with Gasteiger partial charge in [-0.1, -0.05) is 42.5 Å². The second kappa shape index (κ2) is 9.68. The molecule has 172 valence electrons. The second-order valence-electron chi connectivity index (χ2n) is 8.59. The number of hydrogen-bond acceptors (Lipinski definition) is 5. The smallest absolute Gasteiger partial charge is 0.319 e. The first-order valence-electron chi connectivity index (χ1n) is 11.5. The Kier molecular flexibility index (Phi) is 6.32. The predicted molar refractivity (Wildman–Crippen MR) is 128 cm³/mol. The Morgan fingerprint density at radius 1 is 0.970 bits per heavy atom. The number of amides is 2. The summed E-state index contributed by atoms with van der Waals surface area (Å²) in [5, 5.41) is 19.3. The van der Waals surface area contributed by atoms with Crippen LogP contribution in [0.15, 0.2) is 60.7 Å². The summed E-state index contributed by atoms with van der Waals surface area (Å²) >= 11 is 0. The predicted octanol–water partition coefficient (Wildman–Crippen LogP) is 3.93. The molecule has 2 aliphatic rings. The van der Waals surface area contributed by atoms with Crippen molar-refractivity contribution in [3.8, 4) is 11.5 Å². The molecule has 33 heavy (non-hydrogen) atoms. The van der Waals surface area contributed by atoms with Crippen LogP contribution in [-0.4, -0.2) is 54.9 Å². The van der Waals surface area contributed by atoms with Crippen molar-refractivity contribution in [2.75, 3.05) is 38.2 Å². The number of hydrogen-bond donors (Lipinski definition) is 3. The minimum atomic E-state index is -0.889. The molecule has 5 rings (SSSR count). The Labute approximate surface area is 193 Å². The largest absolute Gasteiger partial charge is 0.486 e. The van der Waals surface area contributed by atoms with Gasteiger partial charge in [-0.2, -0.15) is 0 Å². The quantitative estimate of drug-likeness (QED) is 0.533. The van der Waals surface area contributed by atoms with Gasteiger partial charge in [0.05, 0.1) is 11.7 Å². The number of benzene rings is 3. The number of urea groups is 1. The van der Waals surface area contributed by atoms with E-state index in [0.717, 1.165) is 42.4 Å². The molecular formula is C26H29N3O4. The zero-order valence-corrected chi connectivity index (χ0v) is 18.5. The first kappa shape index (κ1) is 21.6. The Balaban J connectivity index is 1.35. The van der Waals surface area contributed by atoms with E-state index in [1.807, 2.05) is 54.6 Å². The lowest BCUT2D eigenvalue weighted by atomic mass is 10.0. The number of aliphatic hydroxyl groups excluding tert-OH is 1. The number of anilines is 1. The highest BCUT2D eigenvalue weighted by atomic mass is 16.6. The van der Waals surface area contributed by atoms with Gasteiger partial charge in [-0.25, -0.2) is 4.79 Å². The third kappa shape index (κ3) is 4.89. The number of ether oxygens (including phenoxy) is 2. The highest BCUT2D eigenvalue weighted by Crippen LogP contribution is 2.33. The van der Waals surface area contributed by atoms with Gasteiger partial charge in [0.1, 0.15) is 19.3 Å². The van der Waals surface area contributed by atoms with Crippen molar-refractivity contribution in [1.29, 1.82) is 0 Å². The standard InChI is InChI=1S/C26H29N3O4/c30-25(19-10-11-23-24(16-19)33-15-14-32-23)22(17-29-12-3-4-13-29)28-26(31)27-21-9-5-7-18-6-1-2-8-20(18)21/h1-2,5-11,16,22,25,30H,3-4,12-15,17H2,(H2,27,28,31)/t22-,25-/m1/s1. The molecule has 0 bridgehead atoms. The number of rotatable bonds is 6. The van der Waals surface area contributed by atoms with Gasteiger partial charge in [0.15, 0.2) is 11.5 Å². The summed E-state index contributed by atoms with van der Waals surface area (Å²) < 4.78 is 11.3. The van der Waals surface area contributed by atoms with E-state index in [4.69, 9.17) is 9.47 Å². The molecule has 2 amide bonds. The van der Waals surface area contributed by atoms with Crippen molar-refractivity contribution < 1.29 is 19.4 Å². The zero-order chi connectivity index (χ0) is 22.6. The number of carbonyl (C=O) groups is 1. The summed E-state index contributed by atoms with van der Waals surface area (Å²) in [7, 11) is 0. The maximum atomic E-state index is 13.0. The average molecular weight is 448 g/mol. The van der Waals surface area contributed by atoms with E-state index >= 15 is 0 Å². The number of fused-ring (bicyclic) bond motifs is 2. The Hall–Kier alpha value is -3.29. The number of carbonyl (C=O) groups excluding carboxylic acids is 1. The van der Waals surface area contributed by atoms with Gasteiger partial charge in [-0.3, -0.25) is 0 Å². The van der Waals surface area contributed by atoms with E-state index < -0.39 is 12.1 Å². The number of likely N-dealkylation sites (tertiary alicyclic amines) is 1. The maximum Gasteiger partial charge on any atom is 0.319 e. The number of nitrogens with zero attached hydrogens (tertiary/aromatic N) is 1. The first-order valence-corrected chi connectivity index (χ1v) is 11.5. The van der Waals surface area contributed by atoms with Crippen LogP contribution in [0, 0.1) is 0 Å². The van der Waals surface area contributed by atoms with Crippen molar-refractivity contribution >= 4 is 22.5 Å². The van der Waals surface area contributed by atoms with Gasteiger partial charge in [0.25, 0.3) is 0 Å². The van der Waals surface area contributed by atoms with Crippen molar-refractivity contribution in [3.05, 3.63) is 66.2 Å². The van der Waals surface area contributed by atoms with E-state index in [9.17, 15) is 9.90 Å². The fourth-order valence-electron chi connectivity index (χ4n) is 4.61. The molecule has 0 radical (unpaired) electrons. The lowest BCUT2D eigenvalue weighted by Gasteiger charge is -2.29. The van der Waals surface area contributed by atoms with Crippen molar-refractivity contribution in [2.45, 2.75) is 25.0 Å². The Morgan fingerprint density at radius 2 is 1.73 bits per heavy atom. The molecule has 2 heterocycles. The minimum Gasteiger partial charge on any atom is -0.486 e. The molecule has 3 N–H and O–H groups in total. The van der Waals surface area contributed by atoms with Gasteiger partial charge >= 0.3 is 6.03 Å². The van der Waals surface area contributed by atoms with Crippen LogP contribution in [0.25, 0.3) is 10.8 Å². The van der Waals surface area contributed by atoms with Crippen LogP contribution < -0.4 is 20.1 Å². The molecule has 2 aliphatic heterocycles. The molecular weight excluding hydrogens is 418 g/mol. The Morgan fingerprint density at radius 3 is 2.58 bits per heavy atom. The van der Waals surface area contributed by atoms with E-state index in [2.05, 4.69) is 15.5 Å². The lowest BCUT2D eigenvalue weighted by Crippen LogP contribution is -2.48. The normalized spacial score (nSPS) is 17.5. The van der Waals surface area contributed by atoms with Gasteiger partial charge in [-0.05, 0) is 55.1 Å². The molecule has 3 aromatic rings. The van der Waals surface area contributed by atoms with Gasteiger partial charge in [0, 0.05) is 11.9 Å². The van der Waals surface area contributed by atoms with Crippen LogP contribution in [0.5, 0.6) is 11.5 Å². The molecule has 0 aromatic heterocycles. The molecule has 7 nitrogen and oxygen atoms in total. The first-order chi connectivity index (χ1) is 16.2. The lowest BCUT2D eigenvalue weighted by molar-refractivity contribution is 0.110. The molecule has 7 heteroatoms. The average Bonchev–Trinajstić information content (AvgIpc) is 3.36. The summed E-state index contributed by atoms with van der Waals surface area (Å²) in [6.07, 6.45) is 1.38. The van der Waals surface area contributed by atoms with Crippen LogP contribution in [0.1, 0.15) is 24.5 Å². The van der Waals surface area contributed by atoms with Crippen molar-refractivity contribution in [3.63, 3.8) is 0 Å². The van der Waals surface area contributed by atoms with Gasteiger partial charge < -0.3 is 30.1 Å². The molecule has 0 saturated carbocycles.